The highest BCUT2D eigenvalue weighted by Gasteiger charge is 2.25. The van der Waals surface area contributed by atoms with E-state index < -0.39 is 0 Å². The molecule has 7 heteroatoms. The Morgan fingerprint density at radius 1 is 1.50 bits per heavy atom. The number of aliphatic hydroxyl groups excluding tert-OH is 1. The van der Waals surface area contributed by atoms with E-state index in [1.165, 1.54) is 0 Å². The minimum absolute atomic E-state index is 0.0582. The molecule has 1 unspecified atom stereocenters. The molecule has 0 bridgehead atoms. The van der Waals surface area contributed by atoms with E-state index in [1.807, 2.05) is 32.9 Å². The van der Waals surface area contributed by atoms with Crippen LogP contribution in [0.3, 0.4) is 0 Å². The van der Waals surface area contributed by atoms with E-state index in [1.54, 1.807) is 6.92 Å². The summed E-state index contributed by atoms with van der Waals surface area (Å²) in [6.45, 7) is 7.88. The van der Waals surface area contributed by atoms with Crippen molar-refractivity contribution >= 4 is 6.03 Å². The molecule has 1 aliphatic carbocycles. The molecule has 1 aromatic heterocycles. The molecule has 0 fully saturated rings. The van der Waals surface area contributed by atoms with Gasteiger partial charge in [-0.2, -0.15) is 4.98 Å². The van der Waals surface area contributed by atoms with Gasteiger partial charge in [-0.05, 0) is 13.3 Å². The molecule has 3 atom stereocenters. The van der Waals surface area contributed by atoms with Crippen molar-refractivity contribution in [2.24, 2.45) is 5.92 Å². The maximum Gasteiger partial charge on any atom is 0.315 e. The molecule has 0 saturated carbocycles. The average molecular weight is 308 g/mol. The second-order valence-corrected chi connectivity index (χ2v) is 6.72. The monoisotopic (exact) mass is 308 g/mol. The minimum Gasteiger partial charge on any atom is -0.396 e. The number of nitrogens with one attached hydrogen (secondary N) is 2. The summed E-state index contributed by atoms with van der Waals surface area (Å²) < 4.78 is 5.21. The van der Waals surface area contributed by atoms with Crippen molar-refractivity contribution in [3.8, 4) is 0 Å². The number of urea groups is 1. The van der Waals surface area contributed by atoms with Crippen LogP contribution in [-0.2, 0) is 5.41 Å². The van der Waals surface area contributed by atoms with Crippen LogP contribution in [-0.4, -0.2) is 33.9 Å². The molecule has 1 aromatic rings. The van der Waals surface area contributed by atoms with Gasteiger partial charge in [-0.1, -0.05) is 38.1 Å². The number of aliphatic hydroxyl groups is 1. The first kappa shape index (κ1) is 16.5. The van der Waals surface area contributed by atoms with Gasteiger partial charge in [0.1, 0.15) is 6.04 Å². The number of aromatic nitrogens is 2. The molecule has 0 aliphatic heterocycles. The van der Waals surface area contributed by atoms with Crippen LogP contribution in [0.15, 0.2) is 16.7 Å². The fraction of sp³-hybridized carbons (Fsp3) is 0.667. The van der Waals surface area contributed by atoms with E-state index in [0.29, 0.717) is 18.1 Å². The maximum atomic E-state index is 12.0. The van der Waals surface area contributed by atoms with E-state index in [-0.39, 0.29) is 36.1 Å². The lowest BCUT2D eigenvalue weighted by Crippen LogP contribution is -2.42. The Bertz CT molecular complexity index is 547. The fourth-order valence-corrected chi connectivity index (χ4v) is 2.20. The van der Waals surface area contributed by atoms with Crippen molar-refractivity contribution in [1.82, 2.24) is 20.8 Å². The zero-order valence-corrected chi connectivity index (χ0v) is 13.5. The van der Waals surface area contributed by atoms with E-state index in [0.717, 1.165) is 0 Å². The van der Waals surface area contributed by atoms with Gasteiger partial charge in [0.05, 0.1) is 0 Å². The van der Waals surface area contributed by atoms with Gasteiger partial charge < -0.3 is 20.3 Å². The molecule has 0 saturated heterocycles. The number of hydrogen-bond acceptors (Lipinski definition) is 5. The molecule has 2 amide bonds. The molecule has 1 heterocycles. The lowest BCUT2D eigenvalue weighted by molar-refractivity contribution is 0.226. The summed E-state index contributed by atoms with van der Waals surface area (Å²) in [5, 5.41) is 18.6. The lowest BCUT2D eigenvalue weighted by Gasteiger charge is -2.15. The number of hydrogen-bond donors (Lipinski definition) is 3. The van der Waals surface area contributed by atoms with Gasteiger partial charge >= 0.3 is 6.03 Å². The van der Waals surface area contributed by atoms with Gasteiger partial charge in [0, 0.05) is 24.0 Å². The summed E-state index contributed by atoms with van der Waals surface area (Å²) in [6, 6.07) is -0.726. The van der Waals surface area contributed by atoms with Crippen LogP contribution in [0.1, 0.15) is 51.9 Å². The summed E-state index contributed by atoms with van der Waals surface area (Å²) in [4.78, 5) is 16.3. The standard InChI is InChI=1S/C15H24N4O3/c1-9(12-18-13(19-22-12)15(2,3)4)16-14(21)17-11-6-5-10(7-11)8-20/h5-6,9-11,20H,7-8H2,1-4H3,(H2,16,17,21)/t9?,10-,11+/m0/s1. The third-order valence-electron chi connectivity index (χ3n) is 3.55. The number of nitrogens with zero attached hydrogens (tertiary/aromatic N) is 2. The first-order valence-electron chi connectivity index (χ1n) is 7.50. The molecule has 0 radical (unpaired) electrons. The van der Waals surface area contributed by atoms with Crippen molar-refractivity contribution in [2.45, 2.75) is 51.6 Å². The van der Waals surface area contributed by atoms with Crippen molar-refractivity contribution < 1.29 is 14.4 Å². The van der Waals surface area contributed by atoms with Crippen LogP contribution in [0.25, 0.3) is 0 Å². The lowest BCUT2D eigenvalue weighted by atomic mass is 9.96. The van der Waals surface area contributed by atoms with E-state index in [2.05, 4.69) is 20.8 Å². The predicted molar refractivity (Wildman–Crippen MR) is 81.2 cm³/mol. The van der Waals surface area contributed by atoms with Crippen LogP contribution in [0.4, 0.5) is 4.79 Å². The van der Waals surface area contributed by atoms with Crippen LogP contribution < -0.4 is 10.6 Å². The molecular formula is C15H24N4O3. The Morgan fingerprint density at radius 2 is 2.23 bits per heavy atom. The summed E-state index contributed by atoms with van der Waals surface area (Å²) in [6.07, 6.45) is 4.53. The van der Waals surface area contributed by atoms with E-state index >= 15 is 0 Å². The van der Waals surface area contributed by atoms with E-state index in [4.69, 9.17) is 9.63 Å². The molecule has 0 spiro atoms. The highest BCUT2D eigenvalue weighted by molar-refractivity contribution is 5.74. The number of rotatable bonds is 4. The van der Waals surface area contributed by atoms with Gasteiger partial charge in [0.15, 0.2) is 5.82 Å². The zero-order valence-electron chi connectivity index (χ0n) is 13.5. The Morgan fingerprint density at radius 3 is 2.77 bits per heavy atom. The second-order valence-electron chi connectivity index (χ2n) is 6.72. The van der Waals surface area contributed by atoms with Crippen LogP contribution in [0, 0.1) is 5.92 Å². The molecule has 122 valence electrons. The predicted octanol–water partition coefficient (Wildman–Crippen LogP) is 1.66. The summed E-state index contributed by atoms with van der Waals surface area (Å²) in [7, 11) is 0. The van der Waals surface area contributed by atoms with E-state index in [9.17, 15) is 4.79 Å². The van der Waals surface area contributed by atoms with Crippen molar-refractivity contribution in [3.63, 3.8) is 0 Å². The largest absolute Gasteiger partial charge is 0.396 e. The second kappa shape index (κ2) is 6.48. The third-order valence-corrected chi connectivity index (χ3v) is 3.55. The fourth-order valence-electron chi connectivity index (χ4n) is 2.20. The molecule has 1 aliphatic rings. The summed E-state index contributed by atoms with van der Waals surface area (Å²) in [5.74, 6) is 1.12. The van der Waals surface area contributed by atoms with Gasteiger partial charge in [-0.15, -0.1) is 0 Å². The number of amides is 2. The normalized spacial score (nSPS) is 22.6. The number of carbonyl (C=O) groups excluding carboxylic acids is 1. The summed E-state index contributed by atoms with van der Waals surface area (Å²) in [5.41, 5.74) is -0.197. The van der Waals surface area contributed by atoms with Gasteiger partial charge in [-0.25, -0.2) is 4.79 Å². The van der Waals surface area contributed by atoms with Crippen LogP contribution >= 0.6 is 0 Å². The molecular weight excluding hydrogens is 284 g/mol. The Balaban J connectivity index is 1.86. The zero-order chi connectivity index (χ0) is 16.3. The highest BCUT2D eigenvalue weighted by Crippen LogP contribution is 2.21. The third kappa shape index (κ3) is 4.07. The quantitative estimate of drug-likeness (QED) is 0.735. The first-order valence-corrected chi connectivity index (χ1v) is 7.50. The molecule has 7 nitrogen and oxygen atoms in total. The smallest absolute Gasteiger partial charge is 0.315 e. The molecule has 0 aromatic carbocycles. The summed E-state index contributed by atoms with van der Waals surface area (Å²) >= 11 is 0. The van der Waals surface area contributed by atoms with Crippen LogP contribution in [0.2, 0.25) is 0 Å². The molecule has 2 rings (SSSR count). The van der Waals surface area contributed by atoms with Crippen LogP contribution in [0.5, 0.6) is 0 Å². The highest BCUT2D eigenvalue weighted by atomic mass is 16.5. The minimum atomic E-state index is -0.373. The average Bonchev–Trinajstić information content (AvgIpc) is 3.06. The SMILES string of the molecule is CC(NC(=O)N[C@@H]1C=C[C@H](CO)C1)c1nc(C(C)(C)C)no1. The van der Waals surface area contributed by atoms with Gasteiger partial charge in [0.2, 0.25) is 5.89 Å². The molecule has 3 N–H and O–H groups in total. The van der Waals surface area contributed by atoms with Crippen molar-refractivity contribution in [2.75, 3.05) is 6.61 Å². The van der Waals surface area contributed by atoms with Crippen molar-refractivity contribution in [3.05, 3.63) is 23.9 Å². The Hall–Kier alpha value is -1.89. The topological polar surface area (TPSA) is 100 Å². The number of carbonyl (C=O) groups is 1. The Labute approximate surface area is 130 Å². The maximum absolute atomic E-state index is 12.0. The molecule has 22 heavy (non-hydrogen) atoms. The van der Waals surface area contributed by atoms with Crippen molar-refractivity contribution in [1.29, 1.82) is 0 Å². The van der Waals surface area contributed by atoms with Gasteiger partial charge in [0.25, 0.3) is 0 Å². The first-order chi connectivity index (χ1) is 10.3. The Kier molecular flexibility index (Phi) is 4.85. The van der Waals surface area contributed by atoms with Gasteiger partial charge in [-0.3, -0.25) is 0 Å².